The van der Waals surface area contributed by atoms with E-state index in [1.165, 1.54) is 12.8 Å². The van der Waals surface area contributed by atoms with Gasteiger partial charge in [-0.15, -0.1) is 0 Å². The van der Waals surface area contributed by atoms with Crippen molar-refractivity contribution in [1.29, 1.82) is 0 Å². The van der Waals surface area contributed by atoms with Gasteiger partial charge in [0.05, 0.1) is 16.6 Å². The minimum atomic E-state index is -0.519. The molecule has 1 aliphatic rings. The smallest absolute Gasteiger partial charge is 0.343 e. The maximum Gasteiger partial charge on any atom is 0.343 e. The lowest BCUT2D eigenvalue weighted by Gasteiger charge is -2.21. The van der Waals surface area contributed by atoms with Crippen molar-refractivity contribution in [2.45, 2.75) is 31.6 Å². The first-order valence-corrected chi connectivity index (χ1v) is 12.6. The topological polar surface area (TPSA) is 78.1 Å². The van der Waals surface area contributed by atoms with Gasteiger partial charge in [0.1, 0.15) is 11.3 Å². The van der Waals surface area contributed by atoms with Crippen molar-refractivity contribution in [2.75, 3.05) is 25.1 Å². The highest BCUT2D eigenvalue weighted by Gasteiger charge is 2.26. The summed E-state index contributed by atoms with van der Waals surface area (Å²) >= 11 is 0. The van der Waals surface area contributed by atoms with Crippen molar-refractivity contribution in [3.8, 4) is 5.75 Å². The van der Waals surface area contributed by atoms with Gasteiger partial charge in [-0.25, -0.2) is 4.79 Å². The van der Waals surface area contributed by atoms with Crippen LogP contribution in [0.25, 0.3) is 11.0 Å². The highest BCUT2D eigenvalue weighted by Crippen LogP contribution is 2.36. The standard InChI is InChI=1S/C30H31N3O3/c34-29-25-15-7-8-16-27(25)36-30(35)28(29)26(22-11-3-1-4-12-22)21-24(17-20-33-18-9-10-19-33)32-31-23-13-5-2-6-14-23/h1-8,11-16,26,31,34H,9-10,17-21H2/b32-24+/t26-/m0/s1. The summed E-state index contributed by atoms with van der Waals surface area (Å²) in [6.07, 6.45) is 3.71. The molecule has 1 aromatic heterocycles. The van der Waals surface area contributed by atoms with Crippen LogP contribution in [0.4, 0.5) is 5.69 Å². The average Bonchev–Trinajstić information content (AvgIpc) is 3.44. The van der Waals surface area contributed by atoms with Crippen LogP contribution in [0.1, 0.15) is 42.7 Å². The van der Waals surface area contributed by atoms with Crippen LogP contribution < -0.4 is 11.1 Å². The third-order valence-corrected chi connectivity index (χ3v) is 6.84. The van der Waals surface area contributed by atoms with Crippen LogP contribution in [0.2, 0.25) is 0 Å². The summed E-state index contributed by atoms with van der Waals surface area (Å²) in [6.45, 7) is 3.13. The molecule has 2 heterocycles. The summed E-state index contributed by atoms with van der Waals surface area (Å²) in [5.41, 5.74) is 6.10. The van der Waals surface area contributed by atoms with Gasteiger partial charge < -0.3 is 14.4 Å². The number of likely N-dealkylation sites (tertiary alicyclic amines) is 1. The maximum absolute atomic E-state index is 13.2. The van der Waals surface area contributed by atoms with E-state index in [-0.39, 0.29) is 11.3 Å². The van der Waals surface area contributed by atoms with Gasteiger partial charge in [-0.1, -0.05) is 60.7 Å². The first-order chi connectivity index (χ1) is 17.7. The third-order valence-electron chi connectivity index (χ3n) is 6.84. The largest absolute Gasteiger partial charge is 0.507 e. The lowest BCUT2D eigenvalue weighted by molar-refractivity contribution is 0.349. The molecule has 4 aromatic rings. The summed E-state index contributed by atoms with van der Waals surface area (Å²) < 4.78 is 5.65. The number of fused-ring (bicyclic) bond motifs is 1. The predicted octanol–water partition coefficient (Wildman–Crippen LogP) is 5.97. The molecule has 1 atom stereocenters. The lowest BCUT2D eigenvalue weighted by Crippen LogP contribution is -2.24. The van der Waals surface area contributed by atoms with Gasteiger partial charge >= 0.3 is 5.63 Å². The molecule has 1 saturated heterocycles. The van der Waals surface area contributed by atoms with E-state index in [1.807, 2.05) is 66.7 Å². The van der Waals surface area contributed by atoms with Crippen LogP contribution in [0.3, 0.4) is 0 Å². The van der Waals surface area contributed by atoms with Gasteiger partial charge in [0.25, 0.3) is 0 Å². The molecule has 3 aromatic carbocycles. The Morgan fingerprint density at radius 3 is 2.36 bits per heavy atom. The Hall–Kier alpha value is -3.90. The van der Waals surface area contributed by atoms with Gasteiger partial charge in [-0.05, 0) is 62.2 Å². The molecule has 0 radical (unpaired) electrons. The number of hydrazone groups is 1. The quantitative estimate of drug-likeness (QED) is 0.175. The fraction of sp³-hybridized carbons (Fsp3) is 0.267. The predicted molar refractivity (Wildman–Crippen MR) is 145 cm³/mol. The van der Waals surface area contributed by atoms with E-state index in [9.17, 15) is 9.90 Å². The summed E-state index contributed by atoms with van der Waals surface area (Å²) in [6, 6.07) is 26.8. The Labute approximate surface area is 210 Å². The molecule has 6 nitrogen and oxygen atoms in total. The number of hydrogen-bond acceptors (Lipinski definition) is 6. The van der Waals surface area contributed by atoms with Crippen LogP contribution in [-0.2, 0) is 0 Å². The van der Waals surface area contributed by atoms with Crippen LogP contribution in [0.5, 0.6) is 5.75 Å². The molecule has 5 rings (SSSR count). The monoisotopic (exact) mass is 481 g/mol. The van der Waals surface area contributed by atoms with E-state index >= 15 is 0 Å². The van der Waals surface area contributed by atoms with E-state index in [4.69, 9.17) is 9.52 Å². The van der Waals surface area contributed by atoms with Crippen LogP contribution in [-0.4, -0.2) is 35.4 Å². The van der Waals surface area contributed by atoms with E-state index in [0.717, 1.165) is 43.0 Å². The number of nitrogens with zero attached hydrogens (tertiary/aromatic N) is 2. The van der Waals surface area contributed by atoms with Gasteiger partial charge in [0.15, 0.2) is 0 Å². The van der Waals surface area contributed by atoms with Gasteiger partial charge in [0, 0.05) is 24.6 Å². The molecule has 0 amide bonds. The molecule has 1 fully saturated rings. The summed E-state index contributed by atoms with van der Waals surface area (Å²) in [5.74, 6) is -0.424. The minimum absolute atomic E-state index is 0.0226. The van der Waals surface area contributed by atoms with Crippen LogP contribution in [0, 0.1) is 0 Å². The van der Waals surface area contributed by atoms with E-state index in [1.54, 1.807) is 18.2 Å². The van der Waals surface area contributed by atoms with E-state index in [0.29, 0.717) is 17.4 Å². The molecule has 1 aliphatic heterocycles. The summed E-state index contributed by atoms with van der Waals surface area (Å²) in [7, 11) is 0. The Morgan fingerprint density at radius 1 is 0.944 bits per heavy atom. The van der Waals surface area contributed by atoms with Crippen molar-refractivity contribution in [1.82, 2.24) is 4.90 Å². The fourth-order valence-electron chi connectivity index (χ4n) is 4.92. The van der Waals surface area contributed by atoms with Gasteiger partial charge in [-0.3, -0.25) is 5.43 Å². The first kappa shape index (κ1) is 23.8. The molecule has 184 valence electrons. The number of rotatable bonds is 9. The Bertz CT molecular complexity index is 1380. The highest BCUT2D eigenvalue weighted by atomic mass is 16.4. The summed E-state index contributed by atoms with van der Waals surface area (Å²) in [4.78, 5) is 15.7. The Kier molecular flexibility index (Phi) is 7.43. The molecule has 0 saturated carbocycles. The van der Waals surface area contributed by atoms with Gasteiger partial charge in [-0.2, -0.15) is 5.10 Å². The number of nitrogens with one attached hydrogen (secondary N) is 1. The maximum atomic E-state index is 13.2. The molecule has 2 N–H and O–H groups in total. The zero-order valence-corrected chi connectivity index (χ0v) is 20.3. The van der Waals surface area contributed by atoms with Crippen LogP contribution >= 0.6 is 0 Å². The molecular weight excluding hydrogens is 450 g/mol. The SMILES string of the molecule is O=c1oc2ccccc2c(O)c1[C@@H](C/C(CCN1CCCC1)=N/Nc1ccccc1)c1ccccc1. The number of aromatic hydroxyl groups is 1. The Balaban J connectivity index is 1.53. The molecule has 0 bridgehead atoms. The summed E-state index contributed by atoms with van der Waals surface area (Å²) in [5, 5.41) is 16.6. The number of anilines is 1. The normalized spacial score (nSPS) is 15.3. The van der Waals surface area contributed by atoms with E-state index < -0.39 is 11.5 Å². The minimum Gasteiger partial charge on any atom is -0.507 e. The van der Waals surface area contributed by atoms with Crippen molar-refractivity contribution >= 4 is 22.4 Å². The van der Waals surface area contributed by atoms with Crippen molar-refractivity contribution in [3.63, 3.8) is 0 Å². The zero-order valence-electron chi connectivity index (χ0n) is 20.3. The lowest BCUT2D eigenvalue weighted by atomic mass is 9.86. The molecule has 0 spiro atoms. The third kappa shape index (κ3) is 5.50. The molecule has 0 unspecified atom stereocenters. The van der Waals surface area contributed by atoms with Crippen molar-refractivity contribution in [2.24, 2.45) is 5.10 Å². The van der Waals surface area contributed by atoms with Crippen LogP contribution in [0.15, 0.2) is 99.2 Å². The molecular formula is C30H31N3O3. The fourth-order valence-corrected chi connectivity index (χ4v) is 4.92. The van der Waals surface area contributed by atoms with E-state index in [2.05, 4.69) is 10.3 Å². The second kappa shape index (κ2) is 11.2. The molecule has 6 heteroatoms. The second-order valence-corrected chi connectivity index (χ2v) is 9.27. The second-order valence-electron chi connectivity index (χ2n) is 9.27. The number of hydrogen-bond donors (Lipinski definition) is 2. The molecule has 0 aliphatic carbocycles. The molecule has 36 heavy (non-hydrogen) atoms. The average molecular weight is 482 g/mol. The zero-order chi connectivity index (χ0) is 24.7. The van der Waals surface area contributed by atoms with Crippen molar-refractivity contribution in [3.05, 3.63) is 106 Å². The van der Waals surface area contributed by atoms with Crippen molar-refractivity contribution < 1.29 is 9.52 Å². The number of para-hydroxylation sites is 2. The van der Waals surface area contributed by atoms with Gasteiger partial charge in [0.2, 0.25) is 0 Å². The first-order valence-electron chi connectivity index (χ1n) is 12.6. The highest BCUT2D eigenvalue weighted by molar-refractivity contribution is 5.88. The Morgan fingerprint density at radius 2 is 1.61 bits per heavy atom. The number of benzene rings is 3.